The minimum atomic E-state index is -4.78. The summed E-state index contributed by atoms with van der Waals surface area (Å²) in [4.78, 5) is 39.9. The number of alkyl carbamates (subject to hydrolysis) is 1. The number of aliphatic hydroxyl groups is 1. The van der Waals surface area contributed by atoms with Crippen LogP contribution in [0.25, 0.3) is 11.1 Å². The van der Waals surface area contributed by atoms with E-state index in [-0.39, 0.29) is 43.6 Å². The highest BCUT2D eigenvalue weighted by Gasteiger charge is 2.43. The zero-order valence-electron chi connectivity index (χ0n) is 31.0. The highest BCUT2D eigenvalue weighted by atomic mass is 19.4. The number of hydrogen-bond donors (Lipinski definition) is 5. The third kappa shape index (κ3) is 13.7. The topological polar surface area (TPSA) is 193 Å². The number of methoxy groups -OCH3 is 1. The maximum absolute atomic E-state index is 13.4. The molecule has 6 atom stereocenters. The van der Waals surface area contributed by atoms with Gasteiger partial charge < -0.3 is 50.5 Å². The van der Waals surface area contributed by atoms with Crippen LogP contribution in [0.1, 0.15) is 38.3 Å². The average Bonchev–Trinajstić information content (AvgIpc) is 3.76. The van der Waals surface area contributed by atoms with E-state index in [1.165, 1.54) is 31.4 Å². The number of pyridine rings is 1. The van der Waals surface area contributed by atoms with Crippen LogP contribution in [-0.4, -0.2) is 92.0 Å². The summed E-state index contributed by atoms with van der Waals surface area (Å²) in [6.45, 7) is 6.77. The van der Waals surface area contributed by atoms with Gasteiger partial charge in [0.2, 0.25) is 5.91 Å². The number of alkyl halides is 3. The number of halogens is 3. The van der Waals surface area contributed by atoms with Crippen LogP contribution in [0.4, 0.5) is 22.8 Å². The molecule has 300 valence electrons. The van der Waals surface area contributed by atoms with Crippen LogP contribution in [0.15, 0.2) is 73.1 Å². The number of nitrogens with two attached hydrogens (primary N) is 1. The Morgan fingerprint density at radius 1 is 0.982 bits per heavy atom. The predicted molar refractivity (Wildman–Crippen MR) is 193 cm³/mol. The van der Waals surface area contributed by atoms with Crippen molar-refractivity contribution in [2.75, 3.05) is 26.9 Å². The molecule has 2 aromatic carbocycles. The fourth-order valence-electron chi connectivity index (χ4n) is 6.03. The lowest BCUT2D eigenvalue weighted by Crippen LogP contribution is -2.58. The van der Waals surface area contributed by atoms with Gasteiger partial charge in [0.1, 0.15) is 17.9 Å². The van der Waals surface area contributed by atoms with Crippen LogP contribution in [0.5, 0.6) is 5.75 Å². The summed E-state index contributed by atoms with van der Waals surface area (Å²) in [5.41, 5.74) is 7.66. The van der Waals surface area contributed by atoms with E-state index in [9.17, 15) is 32.7 Å². The van der Waals surface area contributed by atoms with E-state index in [1.807, 2.05) is 36.4 Å². The van der Waals surface area contributed by atoms with Gasteiger partial charge in [-0.25, -0.2) is 9.59 Å². The quantitative estimate of drug-likeness (QED) is 0.165. The zero-order chi connectivity index (χ0) is 40.2. The first-order valence-electron chi connectivity index (χ1n) is 17.6. The van der Waals surface area contributed by atoms with E-state index < -0.39 is 48.1 Å². The van der Waals surface area contributed by atoms with Gasteiger partial charge in [-0.05, 0) is 58.7 Å². The Labute approximate surface area is 317 Å². The molecule has 0 saturated carbocycles. The molecule has 5 rings (SSSR count). The molecule has 6 unspecified atom stereocenters. The number of nitrogens with zero attached hydrogens (tertiary/aromatic N) is 1. The molecule has 3 amide bonds. The molecule has 17 heteroatoms. The standard InChI is InChI=1S/C31H37F3N4O5.C7H11NO4/c1-30(2,3)27(38-29(41)42-4)28(40)37-25(16-20-7-11-22(12-8-20)23-6-5-15-35-18-23)26(39)19-36-17-21-9-13-24(14-10-21)43-31(32,33)34;8-7(9)12-5-3-11-6-4(5)1-2-10-6/h5-15,18,25-27,36,39H,16-17,19H2,1-4H3,(H,37,40)(H,38,41);4-6H,1-3H2,(H2,8,9). The second kappa shape index (κ2) is 19.6. The van der Waals surface area contributed by atoms with Gasteiger partial charge in [-0.15, -0.1) is 13.2 Å². The third-order valence-corrected chi connectivity index (χ3v) is 8.86. The Kier molecular flexibility index (Phi) is 15.2. The first-order valence-corrected chi connectivity index (χ1v) is 17.6. The smallest absolute Gasteiger partial charge is 0.453 e. The van der Waals surface area contributed by atoms with E-state index in [0.29, 0.717) is 18.8 Å². The van der Waals surface area contributed by atoms with Crippen molar-refractivity contribution >= 4 is 18.1 Å². The number of fused-ring (bicyclic) bond motifs is 1. The third-order valence-electron chi connectivity index (χ3n) is 8.86. The fraction of sp³-hybridized carbons (Fsp3) is 0.474. The minimum absolute atomic E-state index is 0.0597. The maximum Gasteiger partial charge on any atom is 0.573 e. The Morgan fingerprint density at radius 3 is 2.27 bits per heavy atom. The number of nitrogens with one attached hydrogen (secondary N) is 3. The van der Waals surface area contributed by atoms with Crippen LogP contribution >= 0.6 is 0 Å². The number of rotatable bonds is 13. The highest BCUT2D eigenvalue weighted by Crippen LogP contribution is 2.33. The van der Waals surface area contributed by atoms with Gasteiger partial charge in [-0.3, -0.25) is 9.78 Å². The number of ether oxygens (including phenoxy) is 5. The van der Waals surface area contributed by atoms with Crippen molar-refractivity contribution in [3.05, 3.63) is 84.2 Å². The van der Waals surface area contributed by atoms with Crippen molar-refractivity contribution in [1.82, 2.24) is 20.9 Å². The molecule has 2 aliphatic rings. The lowest BCUT2D eigenvalue weighted by atomic mass is 9.85. The molecule has 6 N–H and O–H groups in total. The summed E-state index contributed by atoms with van der Waals surface area (Å²) < 4.78 is 61.2. The summed E-state index contributed by atoms with van der Waals surface area (Å²) >= 11 is 0. The zero-order valence-corrected chi connectivity index (χ0v) is 31.0. The molecule has 0 aliphatic carbocycles. The highest BCUT2D eigenvalue weighted by molar-refractivity contribution is 5.86. The van der Waals surface area contributed by atoms with Gasteiger partial charge in [-0.1, -0.05) is 63.2 Å². The summed E-state index contributed by atoms with van der Waals surface area (Å²) in [5, 5.41) is 19.7. The number of benzene rings is 2. The molecule has 2 aliphatic heterocycles. The molecule has 2 saturated heterocycles. The minimum Gasteiger partial charge on any atom is -0.453 e. The lowest BCUT2D eigenvalue weighted by molar-refractivity contribution is -0.274. The Morgan fingerprint density at radius 2 is 1.67 bits per heavy atom. The van der Waals surface area contributed by atoms with Crippen LogP contribution in [0.3, 0.4) is 0 Å². The van der Waals surface area contributed by atoms with Crippen LogP contribution in [0, 0.1) is 11.3 Å². The Bertz CT molecular complexity index is 1680. The second-order valence-corrected chi connectivity index (χ2v) is 14.1. The monoisotopic (exact) mass is 775 g/mol. The molecule has 0 radical (unpaired) electrons. The van der Waals surface area contributed by atoms with Crippen molar-refractivity contribution in [3.8, 4) is 16.9 Å². The van der Waals surface area contributed by atoms with Crippen molar-refractivity contribution in [2.45, 2.75) is 77.1 Å². The lowest BCUT2D eigenvalue weighted by Gasteiger charge is -2.33. The van der Waals surface area contributed by atoms with E-state index in [4.69, 9.17) is 24.7 Å². The molecular weight excluding hydrogens is 727 g/mol. The number of aliphatic hydroxyl groups excluding tert-OH is 1. The normalized spacial score (nSPS) is 19.5. The van der Waals surface area contributed by atoms with Gasteiger partial charge in [0.05, 0.1) is 38.4 Å². The number of carbonyl (C=O) groups is 3. The van der Waals surface area contributed by atoms with E-state index in [2.05, 4.69) is 25.7 Å². The summed E-state index contributed by atoms with van der Waals surface area (Å²) in [5.74, 6) is -0.644. The molecule has 1 aromatic heterocycles. The average molecular weight is 776 g/mol. The van der Waals surface area contributed by atoms with Gasteiger partial charge in [-0.2, -0.15) is 0 Å². The number of hydrogen-bond acceptors (Lipinski definition) is 11. The Balaban J connectivity index is 0.000000470. The largest absolute Gasteiger partial charge is 0.573 e. The van der Waals surface area contributed by atoms with Gasteiger partial charge in [0, 0.05) is 25.5 Å². The Hall–Kier alpha value is -4.97. The van der Waals surface area contributed by atoms with Crippen molar-refractivity contribution in [1.29, 1.82) is 0 Å². The molecule has 2 fully saturated rings. The van der Waals surface area contributed by atoms with E-state index in [1.54, 1.807) is 33.2 Å². The van der Waals surface area contributed by atoms with E-state index >= 15 is 0 Å². The van der Waals surface area contributed by atoms with Crippen molar-refractivity contribution < 1.29 is 56.3 Å². The first-order chi connectivity index (χ1) is 26.0. The predicted octanol–water partition coefficient (Wildman–Crippen LogP) is 4.44. The molecule has 55 heavy (non-hydrogen) atoms. The number of primary amides is 1. The number of amides is 3. The van der Waals surface area contributed by atoms with Crippen LogP contribution in [-0.2, 0) is 36.7 Å². The van der Waals surface area contributed by atoms with Crippen LogP contribution < -0.4 is 26.4 Å². The van der Waals surface area contributed by atoms with E-state index in [0.717, 1.165) is 23.1 Å². The molecule has 3 aromatic rings. The second-order valence-electron chi connectivity index (χ2n) is 14.1. The number of aromatic nitrogens is 1. The summed E-state index contributed by atoms with van der Waals surface area (Å²) in [6.07, 6.45) is -3.13. The van der Waals surface area contributed by atoms with Gasteiger partial charge in [0.15, 0.2) is 6.29 Å². The number of carbonyl (C=O) groups excluding carboxylic acids is 3. The molecule has 14 nitrogen and oxygen atoms in total. The van der Waals surface area contributed by atoms with Crippen molar-refractivity contribution in [2.24, 2.45) is 17.1 Å². The molecule has 0 spiro atoms. The summed E-state index contributed by atoms with van der Waals surface area (Å²) in [7, 11) is 1.21. The summed E-state index contributed by atoms with van der Waals surface area (Å²) in [6, 6.07) is 15.1. The SMILES string of the molecule is COC(=O)NC(C(=O)NC(Cc1ccc(-c2cccnc2)cc1)C(O)CNCc1ccc(OC(F)(F)F)cc1)C(C)(C)C.NC(=O)OC1COC2OCCC12. The fourth-order valence-corrected chi connectivity index (χ4v) is 6.03. The maximum atomic E-state index is 13.4. The first kappa shape index (κ1) is 42.8. The molecular formula is C38H48F3N5O9. The van der Waals surface area contributed by atoms with Crippen molar-refractivity contribution in [3.63, 3.8) is 0 Å². The van der Waals surface area contributed by atoms with Gasteiger partial charge in [0.25, 0.3) is 0 Å². The molecule has 3 heterocycles. The molecule has 0 bridgehead atoms. The van der Waals surface area contributed by atoms with Gasteiger partial charge >= 0.3 is 18.5 Å². The van der Waals surface area contributed by atoms with Crippen LogP contribution in [0.2, 0.25) is 0 Å².